The van der Waals surface area contributed by atoms with Gasteiger partial charge in [0.05, 0.1) is 22.9 Å². The van der Waals surface area contributed by atoms with Gasteiger partial charge in [-0.15, -0.1) is 0 Å². The number of carbonyl (C=O) groups excluding carboxylic acids is 3. The molecule has 1 atom stereocenters. The summed E-state index contributed by atoms with van der Waals surface area (Å²) in [4.78, 5) is 51.6. The largest absolute Gasteiger partial charge is 0.550 e. The molecule has 0 aliphatic heterocycles. The molecule has 3 rings (SSSR count). The highest BCUT2D eigenvalue weighted by molar-refractivity contribution is 5.96. The number of pyridine rings is 1. The number of carboxylic acids is 2. The number of benzene rings is 1. The number of anilines is 1. The van der Waals surface area contributed by atoms with E-state index in [0.717, 1.165) is 11.1 Å². The molecule has 0 aliphatic rings. The van der Waals surface area contributed by atoms with Crippen LogP contribution in [0.15, 0.2) is 41.3 Å². The fourth-order valence-corrected chi connectivity index (χ4v) is 3.30. The van der Waals surface area contributed by atoms with Gasteiger partial charge in [-0.1, -0.05) is 12.1 Å². The van der Waals surface area contributed by atoms with Crippen molar-refractivity contribution < 1.29 is 24.6 Å². The molecule has 0 saturated heterocycles. The van der Waals surface area contributed by atoms with Crippen LogP contribution in [0, 0.1) is 0 Å². The van der Waals surface area contributed by atoms with E-state index in [4.69, 9.17) is 5.73 Å². The van der Waals surface area contributed by atoms with Gasteiger partial charge in [0.25, 0.3) is 11.5 Å². The lowest BCUT2D eigenvalue weighted by Crippen LogP contribution is -2.48. The van der Waals surface area contributed by atoms with Gasteiger partial charge in [-0.25, -0.2) is 0 Å². The standard InChI is InChI=1S/C21H22N4O6/c22-16-9-15-18(20(29)25-16)13(10-23-15)6-3-11-1-4-12(5-2-11)19(28)24-14(21(30)31)7-8-17(26)27/h1-2,4-5,9-10,14,23H,3,6-8H2,(H,24,28)(H,26,27)(H,30,31)(H3,22,25,29)/p-2/t14-/m0/s1. The summed E-state index contributed by atoms with van der Waals surface area (Å²) >= 11 is 0. The number of nitrogen functional groups attached to an aromatic ring is 1. The fraction of sp³-hybridized carbons (Fsp3) is 0.238. The average Bonchev–Trinajstić information content (AvgIpc) is 3.12. The summed E-state index contributed by atoms with van der Waals surface area (Å²) in [6.07, 6.45) is 2.10. The molecule has 10 nitrogen and oxygen atoms in total. The second-order valence-corrected chi connectivity index (χ2v) is 7.11. The number of amides is 1. The first kappa shape index (κ1) is 21.6. The van der Waals surface area contributed by atoms with Crippen molar-refractivity contribution in [3.8, 4) is 0 Å². The molecular formula is C21H20N4O6-2. The van der Waals surface area contributed by atoms with Crippen molar-refractivity contribution in [2.75, 3.05) is 5.73 Å². The van der Waals surface area contributed by atoms with Gasteiger partial charge in [0.1, 0.15) is 5.82 Å². The summed E-state index contributed by atoms with van der Waals surface area (Å²) in [6, 6.07) is 6.75. The number of carbonyl (C=O) groups is 3. The first-order valence-corrected chi connectivity index (χ1v) is 9.54. The van der Waals surface area contributed by atoms with Crippen LogP contribution < -0.4 is 26.8 Å². The molecule has 2 aromatic heterocycles. The van der Waals surface area contributed by atoms with Crippen molar-refractivity contribution >= 4 is 34.6 Å². The maximum absolute atomic E-state index is 12.3. The number of aryl methyl sites for hydroxylation is 2. The number of aromatic amines is 2. The summed E-state index contributed by atoms with van der Waals surface area (Å²) in [7, 11) is 0. The third-order valence-corrected chi connectivity index (χ3v) is 4.90. The first-order valence-electron chi connectivity index (χ1n) is 9.54. The number of fused-ring (bicyclic) bond motifs is 1. The molecule has 0 radical (unpaired) electrons. The van der Waals surface area contributed by atoms with Gasteiger partial charge < -0.3 is 40.8 Å². The number of hydrogen-bond acceptors (Lipinski definition) is 7. The molecule has 10 heteroatoms. The fourth-order valence-electron chi connectivity index (χ4n) is 3.30. The maximum Gasteiger partial charge on any atom is 0.259 e. The van der Waals surface area contributed by atoms with Gasteiger partial charge in [0, 0.05) is 23.8 Å². The van der Waals surface area contributed by atoms with Crippen LogP contribution in [0.4, 0.5) is 5.82 Å². The second kappa shape index (κ2) is 9.16. The molecule has 0 bridgehead atoms. The minimum absolute atomic E-state index is 0.225. The topological polar surface area (TPSA) is 184 Å². The zero-order chi connectivity index (χ0) is 22.5. The van der Waals surface area contributed by atoms with E-state index in [0.29, 0.717) is 23.7 Å². The van der Waals surface area contributed by atoms with Crippen LogP contribution in [0.1, 0.15) is 34.3 Å². The molecule has 0 saturated carbocycles. The van der Waals surface area contributed by atoms with E-state index in [9.17, 15) is 29.4 Å². The van der Waals surface area contributed by atoms with Gasteiger partial charge >= 0.3 is 0 Å². The number of carboxylic acid groups (broad SMARTS) is 2. The molecule has 2 heterocycles. The predicted molar refractivity (Wildman–Crippen MR) is 108 cm³/mol. The Morgan fingerprint density at radius 2 is 1.81 bits per heavy atom. The minimum atomic E-state index is -1.57. The number of nitrogens with two attached hydrogens (primary N) is 1. The van der Waals surface area contributed by atoms with E-state index in [1.807, 2.05) is 0 Å². The summed E-state index contributed by atoms with van der Waals surface area (Å²) in [6.45, 7) is 0. The van der Waals surface area contributed by atoms with E-state index < -0.39 is 30.3 Å². The Kier molecular flexibility index (Phi) is 6.39. The summed E-state index contributed by atoms with van der Waals surface area (Å²) in [5.74, 6) is -3.35. The quantitative estimate of drug-likeness (QED) is 0.325. The lowest BCUT2D eigenvalue weighted by atomic mass is 10.0. The Labute approximate surface area is 176 Å². The van der Waals surface area contributed by atoms with Crippen molar-refractivity contribution in [3.05, 3.63) is 63.6 Å². The molecule has 0 aliphatic carbocycles. The molecule has 1 aromatic carbocycles. The van der Waals surface area contributed by atoms with E-state index in [1.165, 1.54) is 0 Å². The molecule has 31 heavy (non-hydrogen) atoms. The van der Waals surface area contributed by atoms with Crippen molar-refractivity contribution in [2.45, 2.75) is 31.7 Å². The summed E-state index contributed by atoms with van der Waals surface area (Å²) in [5, 5.41) is 24.4. The first-order chi connectivity index (χ1) is 14.7. The molecule has 0 fully saturated rings. The molecule has 0 spiro atoms. The third kappa shape index (κ3) is 5.30. The smallest absolute Gasteiger partial charge is 0.259 e. The van der Waals surface area contributed by atoms with Gasteiger partial charge in [0.2, 0.25) is 0 Å². The van der Waals surface area contributed by atoms with Gasteiger partial charge in [0.15, 0.2) is 0 Å². The van der Waals surface area contributed by atoms with Crippen LogP contribution in [0.2, 0.25) is 0 Å². The monoisotopic (exact) mass is 424 g/mol. The zero-order valence-electron chi connectivity index (χ0n) is 16.4. The molecule has 0 unspecified atom stereocenters. The van der Waals surface area contributed by atoms with E-state index >= 15 is 0 Å². The van der Waals surface area contributed by atoms with Crippen LogP contribution in [-0.2, 0) is 22.4 Å². The predicted octanol–water partition coefficient (Wildman–Crippen LogP) is -1.40. The minimum Gasteiger partial charge on any atom is -0.550 e. The maximum atomic E-state index is 12.3. The van der Waals surface area contributed by atoms with Gasteiger partial charge in [-0.2, -0.15) is 0 Å². The number of rotatable bonds is 9. The highest BCUT2D eigenvalue weighted by atomic mass is 16.4. The van der Waals surface area contributed by atoms with Crippen molar-refractivity contribution in [2.24, 2.45) is 0 Å². The SMILES string of the molecule is Nc1cc2[nH]cc(CCc3ccc(C(=O)N[C@@H](CCC(=O)[O-])C(=O)[O-])cc3)c2c(=O)[nH]1. The molecule has 162 valence electrons. The molecule has 5 N–H and O–H groups in total. The van der Waals surface area contributed by atoms with E-state index in [-0.39, 0.29) is 23.4 Å². The lowest BCUT2D eigenvalue weighted by Gasteiger charge is -2.20. The molecule has 3 aromatic rings. The normalized spacial score (nSPS) is 11.9. The number of H-pyrrole nitrogens is 2. The highest BCUT2D eigenvalue weighted by Gasteiger charge is 2.15. The van der Waals surface area contributed by atoms with Crippen molar-refractivity contribution in [1.29, 1.82) is 0 Å². The third-order valence-electron chi connectivity index (χ3n) is 4.90. The van der Waals surface area contributed by atoms with Crippen molar-refractivity contribution in [1.82, 2.24) is 15.3 Å². The molecule has 1 amide bonds. The zero-order valence-corrected chi connectivity index (χ0v) is 16.4. The van der Waals surface area contributed by atoms with Gasteiger partial charge in [-0.3, -0.25) is 9.59 Å². The van der Waals surface area contributed by atoms with Crippen molar-refractivity contribution in [3.63, 3.8) is 0 Å². The van der Waals surface area contributed by atoms with Gasteiger partial charge in [-0.05, 0) is 48.9 Å². The Balaban J connectivity index is 1.64. The Morgan fingerprint density at radius 1 is 1.10 bits per heavy atom. The van der Waals surface area contributed by atoms with Crippen LogP contribution in [-0.4, -0.2) is 33.9 Å². The van der Waals surface area contributed by atoms with Crippen LogP contribution in [0.5, 0.6) is 0 Å². The Bertz CT molecular complexity index is 1180. The second-order valence-electron chi connectivity index (χ2n) is 7.11. The summed E-state index contributed by atoms with van der Waals surface area (Å²) in [5.41, 5.74) is 8.00. The number of aliphatic carboxylic acids is 2. The van der Waals surface area contributed by atoms with Crippen LogP contribution >= 0.6 is 0 Å². The lowest BCUT2D eigenvalue weighted by molar-refractivity contribution is -0.309. The van der Waals surface area contributed by atoms with Crippen LogP contribution in [0.3, 0.4) is 0 Å². The van der Waals surface area contributed by atoms with Crippen LogP contribution in [0.25, 0.3) is 10.9 Å². The number of hydrogen-bond donors (Lipinski definition) is 4. The summed E-state index contributed by atoms with van der Waals surface area (Å²) < 4.78 is 0. The molecular weight excluding hydrogens is 404 g/mol. The highest BCUT2D eigenvalue weighted by Crippen LogP contribution is 2.18. The Morgan fingerprint density at radius 3 is 2.45 bits per heavy atom. The van der Waals surface area contributed by atoms with E-state index in [2.05, 4.69) is 15.3 Å². The Hall–Kier alpha value is -4.08. The van der Waals surface area contributed by atoms with E-state index in [1.54, 1.807) is 36.5 Å². The number of aromatic nitrogens is 2. The average molecular weight is 424 g/mol. The number of nitrogens with one attached hydrogen (secondary N) is 3.